The van der Waals surface area contributed by atoms with Crippen LogP contribution in [0.4, 0.5) is 5.82 Å². The third kappa shape index (κ3) is 4.95. The Morgan fingerprint density at radius 2 is 1.94 bits per heavy atom. The molecule has 2 aromatic rings. The topological polar surface area (TPSA) is 93.3 Å². The van der Waals surface area contributed by atoms with Crippen molar-refractivity contribution in [3.63, 3.8) is 0 Å². The molecule has 0 radical (unpaired) electrons. The fraction of sp³-hybridized carbons (Fsp3) is 0.435. The van der Waals surface area contributed by atoms with Gasteiger partial charge in [0, 0.05) is 17.0 Å². The molecule has 7 nitrogen and oxygen atoms in total. The van der Waals surface area contributed by atoms with Crippen LogP contribution in [-0.4, -0.2) is 34.9 Å². The van der Waals surface area contributed by atoms with Crippen molar-refractivity contribution in [1.29, 1.82) is 0 Å². The highest BCUT2D eigenvalue weighted by Crippen LogP contribution is 2.43. The predicted octanol–water partition coefficient (Wildman–Crippen LogP) is 4.31. The number of hydrogen-bond acceptors (Lipinski definition) is 7. The van der Waals surface area contributed by atoms with Crippen molar-refractivity contribution in [2.75, 3.05) is 18.2 Å². The van der Waals surface area contributed by atoms with E-state index in [1.807, 2.05) is 24.3 Å². The molecule has 0 unspecified atom stereocenters. The summed E-state index contributed by atoms with van der Waals surface area (Å²) in [6, 6.07) is 7.37. The lowest BCUT2D eigenvalue weighted by atomic mass is 9.82. The van der Waals surface area contributed by atoms with Gasteiger partial charge in [-0.2, -0.15) is 0 Å². The number of esters is 1. The number of carbonyl (C=O) groups excluding carboxylic acids is 1. The number of anilines is 1. The van der Waals surface area contributed by atoms with E-state index in [0.29, 0.717) is 45.0 Å². The van der Waals surface area contributed by atoms with Gasteiger partial charge >= 0.3 is 5.97 Å². The molecule has 1 aliphatic heterocycles. The minimum Gasteiger partial charge on any atom is -0.496 e. The number of ether oxygens (including phenoxy) is 2. The zero-order valence-electron chi connectivity index (χ0n) is 18.7. The molecule has 0 spiro atoms. The van der Waals surface area contributed by atoms with Crippen LogP contribution in [0.1, 0.15) is 51.7 Å². The van der Waals surface area contributed by atoms with E-state index in [-0.39, 0.29) is 11.7 Å². The van der Waals surface area contributed by atoms with Gasteiger partial charge < -0.3 is 19.8 Å². The van der Waals surface area contributed by atoms with Gasteiger partial charge in [0.15, 0.2) is 5.16 Å². The van der Waals surface area contributed by atoms with Crippen molar-refractivity contribution in [2.24, 2.45) is 5.92 Å². The molecule has 166 valence electrons. The van der Waals surface area contributed by atoms with Crippen LogP contribution >= 0.6 is 11.8 Å². The molecule has 0 amide bonds. The van der Waals surface area contributed by atoms with E-state index in [0.717, 1.165) is 5.75 Å². The molecule has 8 heteroatoms. The summed E-state index contributed by atoms with van der Waals surface area (Å²) < 4.78 is 11.1. The molecule has 0 fully saturated rings. The first-order valence-electron chi connectivity index (χ1n) is 10.3. The lowest BCUT2D eigenvalue weighted by Crippen LogP contribution is -2.32. The highest BCUT2D eigenvalue weighted by Gasteiger charge is 2.38. The van der Waals surface area contributed by atoms with E-state index in [4.69, 9.17) is 9.47 Å². The van der Waals surface area contributed by atoms with Gasteiger partial charge in [-0.3, -0.25) is 4.79 Å². The number of nitrogens with one attached hydrogen (secondary N) is 2. The minimum atomic E-state index is -0.668. The van der Waals surface area contributed by atoms with Gasteiger partial charge in [-0.1, -0.05) is 43.8 Å². The number of para-hydroxylation sites is 1. The molecule has 0 saturated heterocycles. The van der Waals surface area contributed by atoms with Crippen LogP contribution in [0.5, 0.6) is 5.75 Å². The van der Waals surface area contributed by atoms with Crippen LogP contribution in [-0.2, 0) is 9.53 Å². The average molecular weight is 444 g/mol. The summed E-state index contributed by atoms with van der Waals surface area (Å²) in [6.45, 7) is 9.61. The van der Waals surface area contributed by atoms with Crippen molar-refractivity contribution >= 4 is 23.5 Å². The fourth-order valence-corrected chi connectivity index (χ4v) is 4.32. The van der Waals surface area contributed by atoms with Crippen LogP contribution in [0.3, 0.4) is 0 Å². The number of rotatable bonds is 7. The van der Waals surface area contributed by atoms with Crippen LogP contribution < -0.4 is 15.6 Å². The first-order valence-corrected chi connectivity index (χ1v) is 11.3. The highest BCUT2D eigenvalue weighted by molar-refractivity contribution is 7.99. The van der Waals surface area contributed by atoms with Crippen molar-refractivity contribution in [3.8, 4) is 5.75 Å². The number of allylic oxidation sites excluding steroid dienone is 1. The predicted molar refractivity (Wildman–Crippen MR) is 123 cm³/mol. The van der Waals surface area contributed by atoms with Crippen LogP contribution in [0, 0.1) is 5.92 Å². The normalized spacial score (nSPS) is 15.7. The van der Waals surface area contributed by atoms with E-state index in [1.165, 1.54) is 11.8 Å². The maximum atomic E-state index is 13.2. The van der Waals surface area contributed by atoms with Crippen LogP contribution in [0.2, 0.25) is 0 Å². The Hall–Kier alpha value is -2.74. The monoisotopic (exact) mass is 443 g/mol. The van der Waals surface area contributed by atoms with Crippen LogP contribution in [0.25, 0.3) is 0 Å². The van der Waals surface area contributed by atoms with Gasteiger partial charge in [-0.15, -0.1) is 0 Å². The standard InChI is InChI=1S/C23H29N3O4S/c1-12(2)11-31-23-25-20-19(21(27)26-23)18(15-9-7-8-10-16(15)29-6)17(14(5)24-20)22(28)30-13(3)4/h7-10,12-13,18H,11H2,1-6H3,(H2,24,25,26,27)/t18-/m1/s1. The largest absolute Gasteiger partial charge is 0.496 e. The molecular formula is C23H29N3O4S. The summed E-state index contributed by atoms with van der Waals surface area (Å²) in [5, 5.41) is 3.71. The van der Waals surface area contributed by atoms with Crippen molar-refractivity contribution in [1.82, 2.24) is 9.97 Å². The summed E-state index contributed by atoms with van der Waals surface area (Å²) in [4.78, 5) is 33.9. The molecule has 3 rings (SSSR count). The number of aromatic nitrogens is 2. The molecule has 1 aromatic heterocycles. The molecule has 1 atom stereocenters. The second-order valence-electron chi connectivity index (χ2n) is 8.13. The lowest BCUT2D eigenvalue weighted by molar-refractivity contribution is -0.143. The molecule has 2 N–H and O–H groups in total. The Morgan fingerprint density at radius 1 is 1.23 bits per heavy atom. The summed E-state index contributed by atoms with van der Waals surface area (Å²) in [7, 11) is 1.57. The Morgan fingerprint density at radius 3 is 2.58 bits per heavy atom. The summed E-state index contributed by atoms with van der Waals surface area (Å²) in [5.74, 6) is 1.18. The fourth-order valence-electron chi connectivity index (χ4n) is 3.51. The molecule has 1 aromatic carbocycles. The number of carbonyl (C=O) groups is 1. The molecule has 0 saturated carbocycles. The highest BCUT2D eigenvalue weighted by atomic mass is 32.2. The SMILES string of the molecule is COc1ccccc1[C@@H]1C(C(=O)OC(C)C)=C(C)Nc2nc(SCC(C)C)[nH]c(=O)c21. The second-order valence-corrected chi connectivity index (χ2v) is 9.14. The van der Waals surface area contributed by atoms with Crippen LogP contribution in [0.15, 0.2) is 45.5 Å². The number of nitrogens with zero attached hydrogens (tertiary/aromatic N) is 1. The van der Waals surface area contributed by atoms with Crippen molar-refractivity contribution in [2.45, 2.75) is 51.8 Å². The van der Waals surface area contributed by atoms with E-state index < -0.39 is 11.9 Å². The Labute approximate surface area is 186 Å². The molecule has 31 heavy (non-hydrogen) atoms. The maximum absolute atomic E-state index is 13.2. The second kappa shape index (κ2) is 9.60. The van der Waals surface area contributed by atoms with Gasteiger partial charge in [-0.25, -0.2) is 9.78 Å². The zero-order valence-corrected chi connectivity index (χ0v) is 19.6. The van der Waals surface area contributed by atoms with Crippen molar-refractivity contribution < 1.29 is 14.3 Å². The number of methoxy groups -OCH3 is 1. The summed E-state index contributed by atoms with van der Waals surface area (Å²) in [6.07, 6.45) is -0.293. The van der Waals surface area contributed by atoms with Gasteiger partial charge in [0.2, 0.25) is 0 Å². The number of hydrogen-bond donors (Lipinski definition) is 2. The summed E-state index contributed by atoms with van der Waals surface area (Å²) in [5.41, 5.74) is 1.77. The lowest BCUT2D eigenvalue weighted by Gasteiger charge is -2.30. The number of aromatic amines is 1. The first kappa shape index (κ1) is 22.9. The number of H-pyrrole nitrogens is 1. The molecule has 1 aliphatic rings. The zero-order chi connectivity index (χ0) is 22.7. The van der Waals surface area contributed by atoms with E-state index in [2.05, 4.69) is 29.1 Å². The molecule has 0 aliphatic carbocycles. The average Bonchev–Trinajstić information content (AvgIpc) is 2.70. The third-order valence-electron chi connectivity index (χ3n) is 4.79. The Balaban J connectivity index is 2.20. The molecular weight excluding hydrogens is 414 g/mol. The van der Waals surface area contributed by atoms with Gasteiger partial charge in [0.1, 0.15) is 11.6 Å². The number of fused-ring (bicyclic) bond motifs is 1. The van der Waals surface area contributed by atoms with E-state index in [9.17, 15) is 9.59 Å². The van der Waals surface area contributed by atoms with Gasteiger partial charge in [0.05, 0.1) is 30.3 Å². The van der Waals surface area contributed by atoms with Gasteiger partial charge in [0.25, 0.3) is 5.56 Å². The number of benzene rings is 1. The molecule has 2 heterocycles. The maximum Gasteiger partial charge on any atom is 0.337 e. The van der Waals surface area contributed by atoms with E-state index in [1.54, 1.807) is 27.9 Å². The smallest absolute Gasteiger partial charge is 0.337 e. The Bertz CT molecular complexity index is 1060. The minimum absolute atomic E-state index is 0.290. The quantitative estimate of drug-likeness (QED) is 0.374. The summed E-state index contributed by atoms with van der Waals surface area (Å²) >= 11 is 1.50. The Kier molecular flexibility index (Phi) is 7.10. The molecule has 0 bridgehead atoms. The van der Waals surface area contributed by atoms with E-state index >= 15 is 0 Å². The number of thioether (sulfide) groups is 1. The first-order chi connectivity index (χ1) is 14.7. The van der Waals surface area contributed by atoms with Gasteiger partial charge in [-0.05, 0) is 32.8 Å². The van der Waals surface area contributed by atoms with Crippen molar-refractivity contribution in [3.05, 3.63) is 57.0 Å². The third-order valence-corrected chi connectivity index (χ3v) is 6.09.